The predicted molar refractivity (Wildman–Crippen MR) is 93.5 cm³/mol. The minimum atomic E-state index is -0.600. The summed E-state index contributed by atoms with van der Waals surface area (Å²) in [6.45, 7) is 4.07. The van der Waals surface area contributed by atoms with Crippen molar-refractivity contribution in [2.75, 3.05) is 6.61 Å². The van der Waals surface area contributed by atoms with Crippen LogP contribution in [0, 0.1) is 11.8 Å². The average Bonchev–Trinajstić information content (AvgIpc) is 2.52. The Morgan fingerprint density at radius 1 is 1.35 bits per heavy atom. The van der Waals surface area contributed by atoms with E-state index in [-0.39, 0.29) is 24.1 Å². The lowest BCUT2D eigenvalue weighted by Gasteiger charge is -2.34. The predicted octanol–water partition coefficient (Wildman–Crippen LogP) is 4.20. The van der Waals surface area contributed by atoms with E-state index in [1.165, 1.54) is 6.42 Å². The summed E-state index contributed by atoms with van der Waals surface area (Å²) in [6, 6.07) is 5.07. The smallest absolute Gasteiger partial charge is 0.340 e. The van der Waals surface area contributed by atoms with E-state index in [0.717, 1.165) is 17.3 Å². The highest BCUT2D eigenvalue weighted by molar-refractivity contribution is 9.10. The molecule has 3 atom stereocenters. The van der Waals surface area contributed by atoms with Crippen molar-refractivity contribution >= 4 is 39.4 Å². The van der Waals surface area contributed by atoms with Crippen LogP contribution in [0.4, 0.5) is 0 Å². The summed E-state index contributed by atoms with van der Waals surface area (Å²) in [6.07, 6.45) is 3.29. The van der Waals surface area contributed by atoms with E-state index in [2.05, 4.69) is 35.1 Å². The molecule has 4 nitrogen and oxygen atoms in total. The Morgan fingerprint density at radius 2 is 2.09 bits per heavy atom. The maximum absolute atomic E-state index is 12.0. The van der Waals surface area contributed by atoms with E-state index in [0.29, 0.717) is 16.9 Å². The van der Waals surface area contributed by atoms with Crippen LogP contribution in [0.3, 0.4) is 0 Å². The molecule has 0 bridgehead atoms. The third-order valence-corrected chi connectivity index (χ3v) is 5.36. The van der Waals surface area contributed by atoms with Crippen molar-refractivity contribution in [3.05, 3.63) is 33.3 Å². The highest BCUT2D eigenvalue weighted by Gasteiger charge is 2.28. The minimum absolute atomic E-state index is 0.152. The number of esters is 1. The van der Waals surface area contributed by atoms with Crippen LogP contribution in [0.15, 0.2) is 22.7 Å². The number of amides is 1. The van der Waals surface area contributed by atoms with E-state index >= 15 is 0 Å². The minimum Gasteiger partial charge on any atom is -0.452 e. The van der Waals surface area contributed by atoms with Gasteiger partial charge in [0.2, 0.25) is 0 Å². The van der Waals surface area contributed by atoms with Crippen molar-refractivity contribution in [3.8, 4) is 0 Å². The number of nitrogens with one attached hydrogen (secondary N) is 1. The van der Waals surface area contributed by atoms with E-state index in [1.54, 1.807) is 18.2 Å². The fourth-order valence-electron chi connectivity index (χ4n) is 2.90. The number of ether oxygens (including phenoxy) is 1. The number of rotatable bonds is 4. The molecular formula is C17H21BrClNO3. The summed E-state index contributed by atoms with van der Waals surface area (Å²) in [5, 5.41) is 3.27. The average molecular weight is 403 g/mol. The lowest BCUT2D eigenvalue weighted by Crippen LogP contribution is -2.45. The second-order valence-corrected chi connectivity index (χ2v) is 7.46. The van der Waals surface area contributed by atoms with E-state index in [9.17, 15) is 9.59 Å². The third kappa shape index (κ3) is 4.95. The van der Waals surface area contributed by atoms with Crippen LogP contribution >= 0.6 is 27.5 Å². The molecule has 1 aliphatic rings. The number of halogens is 2. The quantitative estimate of drug-likeness (QED) is 0.768. The molecule has 1 aliphatic carbocycles. The van der Waals surface area contributed by atoms with Gasteiger partial charge in [-0.15, -0.1) is 0 Å². The van der Waals surface area contributed by atoms with Crippen molar-refractivity contribution in [1.29, 1.82) is 0 Å². The molecule has 1 fully saturated rings. The fourth-order valence-corrected chi connectivity index (χ4v) is 3.45. The summed E-state index contributed by atoms with van der Waals surface area (Å²) < 4.78 is 5.80. The van der Waals surface area contributed by atoms with Crippen molar-refractivity contribution < 1.29 is 14.3 Å². The molecule has 0 heterocycles. The first kappa shape index (κ1) is 18.3. The first-order valence-corrected chi connectivity index (χ1v) is 8.97. The van der Waals surface area contributed by atoms with Crippen LogP contribution in [0.1, 0.15) is 43.5 Å². The molecule has 6 heteroatoms. The van der Waals surface area contributed by atoms with Gasteiger partial charge in [-0.3, -0.25) is 4.79 Å². The van der Waals surface area contributed by atoms with Crippen LogP contribution in [0.25, 0.3) is 0 Å². The molecule has 0 aliphatic heterocycles. The van der Waals surface area contributed by atoms with Gasteiger partial charge in [0.15, 0.2) is 6.61 Å². The Labute approximate surface area is 150 Å². The Kier molecular flexibility index (Phi) is 6.48. The van der Waals surface area contributed by atoms with Gasteiger partial charge in [-0.25, -0.2) is 4.79 Å². The summed E-state index contributed by atoms with van der Waals surface area (Å²) in [5.74, 6) is 0.159. The normalized spacial score (nSPS) is 24.1. The molecule has 1 aromatic rings. The van der Waals surface area contributed by atoms with Gasteiger partial charge in [-0.2, -0.15) is 0 Å². The van der Waals surface area contributed by atoms with Gasteiger partial charge < -0.3 is 10.1 Å². The molecular weight excluding hydrogens is 382 g/mol. The van der Waals surface area contributed by atoms with Gasteiger partial charge in [0, 0.05) is 10.5 Å². The Balaban J connectivity index is 1.86. The summed E-state index contributed by atoms with van der Waals surface area (Å²) >= 11 is 9.25. The molecule has 1 aromatic carbocycles. The maximum Gasteiger partial charge on any atom is 0.340 e. The fraction of sp³-hybridized carbons (Fsp3) is 0.529. The van der Waals surface area contributed by atoms with Crippen LogP contribution in [0.5, 0.6) is 0 Å². The van der Waals surface area contributed by atoms with Crippen molar-refractivity contribution in [1.82, 2.24) is 5.32 Å². The molecule has 0 unspecified atom stereocenters. The van der Waals surface area contributed by atoms with Crippen LogP contribution in [0.2, 0.25) is 5.02 Å². The molecule has 1 N–H and O–H groups in total. The standard InChI is InChI=1S/C17H21BrClNO3/c1-10-4-3-5-15(11(10)2)20-16(21)9-23-17(22)13-8-12(18)6-7-14(13)19/h6-8,10-11,15H,3-5,9H2,1-2H3,(H,20,21)/t10-,11-,15-/m1/s1. The SMILES string of the molecule is C[C@@H]1[C@H](C)CCC[C@H]1NC(=O)COC(=O)c1cc(Br)ccc1Cl. The molecule has 0 radical (unpaired) electrons. The molecule has 2 rings (SSSR count). The Hall–Kier alpha value is -1.07. The lowest BCUT2D eigenvalue weighted by atomic mass is 9.78. The van der Waals surface area contributed by atoms with Crippen molar-refractivity contribution in [2.24, 2.45) is 11.8 Å². The third-order valence-electron chi connectivity index (χ3n) is 4.54. The number of hydrogen-bond acceptors (Lipinski definition) is 3. The first-order chi connectivity index (χ1) is 10.9. The van der Waals surface area contributed by atoms with Gasteiger partial charge in [0.25, 0.3) is 5.91 Å². The monoisotopic (exact) mass is 401 g/mol. The zero-order valence-corrected chi connectivity index (χ0v) is 15.6. The number of carbonyl (C=O) groups is 2. The number of hydrogen-bond donors (Lipinski definition) is 1. The van der Waals surface area contributed by atoms with Gasteiger partial charge in [-0.05, 0) is 36.5 Å². The van der Waals surface area contributed by atoms with E-state index < -0.39 is 5.97 Å². The highest BCUT2D eigenvalue weighted by Crippen LogP contribution is 2.29. The Morgan fingerprint density at radius 3 is 2.83 bits per heavy atom. The molecule has 1 amide bonds. The van der Waals surface area contributed by atoms with Crippen LogP contribution in [-0.4, -0.2) is 24.5 Å². The van der Waals surface area contributed by atoms with Crippen LogP contribution in [-0.2, 0) is 9.53 Å². The molecule has 0 spiro atoms. The zero-order valence-electron chi connectivity index (χ0n) is 13.3. The summed E-state index contributed by atoms with van der Waals surface area (Å²) in [5.41, 5.74) is 0.244. The Bertz CT molecular complexity index is 593. The number of carbonyl (C=O) groups excluding carboxylic acids is 2. The highest BCUT2D eigenvalue weighted by atomic mass is 79.9. The topological polar surface area (TPSA) is 55.4 Å². The van der Waals surface area contributed by atoms with Crippen LogP contribution < -0.4 is 5.32 Å². The van der Waals surface area contributed by atoms with Gasteiger partial charge in [0.05, 0.1) is 10.6 Å². The van der Waals surface area contributed by atoms with Gasteiger partial charge in [-0.1, -0.05) is 54.2 Å². The molecule has 1 saturated carbocycles. The zero-order chi connectivity index (χ0) is 17.0. The second-order valence-electron chi connectivity index (χ2n) is 6.14. The maximum atomic E-state index is 12.0. The largest absolute Gasteiger partial charge is 0.452 e. The molecule has 0 aromatic heterocycles. The van der Waals surface area contributed by atoms with Crippen molar-refractivity contribution in [2.45, 2.75) is 39.2 Å². The first-order valence-electron chi connectivity index (χ1n) is 7.80. The van der Waals surface area contributed by atoms with E-state index in [1.807, 2.05) is 0 Å². The molecule has 0 saturated heterocycles. The lowest BCUT2D eigenvalue weighted by molar-refractivity contribution is -0.125. The van der Waals surface area contributed by atoms with E-state index in [4.69, 9.17) is 16.3 Å². The van der Waals surface area contributed by atoms with Gasteiger partial charge in [0.1, 0.15) is 0 Å². The molecule has 23 heavy (non-hydrogen) atoms. The summed E-state index contributed by atoms with van der Waals surface area (Å²) in [7, 11) is 0. The van der Waals surface area contributed by atoms with Gasteiger partial charge >= 0.3 is 5.97 Å². The second kappa shape index (κ2) is 8.15. The number of benzene rings is 1. The summed E-state index contributed by atoms with van der Waals surface area (Å²) in [4.78, 5) is 24.0. The molecule has 126 valence electrons. The van der Waals surface area contributed by atoms with Crippen molar-refractivity contribution in [3.63, 3.8) is 0 Å².